The SMILES string of the molecule is CCCNC(CC(=O)O)Cc1ccc(OC)c(C(C)C)c1. The molecule has 1 atom stereocenters. The number of aliphatic carboxylic acids is 1. The van der Waals surface area contributed by atoms with Crippen LogP contribution in [-0.4, -0.2) is 30.8 Å². The second-order valence-electron chi connectivity index (χ2n) is 5.68. The Kier molecular flexibility index (Phi) is 7.23. The van der Waals surface area contributed by atoms with E-state index < -0.39 is 5.97 Å². The molecule has 21 heavy (non-hydrogen) atoms. The van der Waals surface area contributed by atoms with Gasteiger partial charge >= 0.3 is 5.97 Å². The van der Waals surface area contributed by atoms with Crippen LogP contribution in [0.1, 0.15) is 50.7 Å². The summed E-state index contributed by atoms with van der Waals surface area (Å²) in [5.41, 5.74) is 2.31. The number of nitrogens with one attached hydrogen (secondary N) is 1. The molecule has 4 nitrogen and oxygen atoms in total. The van der Waals surface area contributed by atoms with Crippen LogP contribution in [0, 0.1) is 0 Å². The standard InChI is InChI=1S/C17H27NO3/c1-5-8-18-14(11-17(19)20)9-13-6-7-16(21-4)15(10-13)12(2)3/h6-7,10,12,14,18H,5,8-9,11H2,1-4H3,(H,19,20). The molecule has 118 valence electrons. The Bertz CT molecular complexity index is 457. The number of ether oxygens (including phenoxy) is 1. The summed E-state index contributed by atoms with van der Waals surface area (Å²) in [6.07, 6.45) is 1.86. The monoisotopic (exact) mass is 293 g/mol. The van der Waals surface area contributed by atoms with Gasteiger partial charge in [-0.2, -0.15) is 0 Å². The first kappa shape index (κ1) is 17.5. The van der Waals surface area contributed by atoms with Gasteiger partial charge in [0.1, 0.15) is 5.75 Å². The molecular formula is C17H27NO3. The first-order valence-electron chi connectivity index (χ1n) is 7.59. The van der Waals surface area contributed by atoms with Crippen LogP contribution in [-0.2, 0) is 11.2 Å². The predicted octanol–water partition coefficient (Wildman–Crippen LogP) is 3.20. The average molecular weight is 293 g/mol. The molecule has 0 spiro atoms. The smallest absolute Gasteiger partial charge is 0.304 e. The highest BCUT2D eigenvalue weighted by atomic mass is 16.5. The van der Waals surface area contributed by atoms with Gasteiger partial charge in [-0.25, -0.2) is 0 Å². The maximum absolute atomic E-state index is 11.0. The number of carboxylic acid groups (broad SMARTS) is 1. The molecule has 1 unspecified atom stereocenters. The summed E-state index contributed by atoms with van der Waals surface area (Å²) in [5.74, 6) is 0.507. The topological polar surface area (TPSA) is 58.6 Å². The number of carboxylic acids is 1. The zero-order valence-electron chi connectivity index (χ0n) is 13.5. The van der Waals surface area contributed by atoms with Crippen molar-refractivity contribution in [2.75, 3.05) is 13.7 Å². The lowest BCUT2D eigenvalue weighted by atomic mass is 9.96. The summed E-state index contributed by atoms with van der Waals surface area (Å²) in [4.78, 5) is 11.0. The lowest BCUT2D eigenvalue weighted by molar-refractivity contribution is -0.137. The fourth-order valence-electron chi connectivity index (χ4n) is 2.42. The summed E-state index contributed by atoms with van der Waals surface area (Å²) in [6.45, 7) is 7.18. The zero-order chi connectivity index (χ0) is 15.8. The highest BCUT2D eigenvalue weighted by molar-refractivity contribution is 5.67. The van der Waals surface area contributed by atoms with Gasteiger partial charge < -0.3 is 15.2 Å². The van der Waals surface area contributed by atoms with E-state index in [1.807, 2.05) is 12.1 Å². The lowest BCUT2D eigenvalue weighted by Crippen LogP contribution is -2.34. The number of hydrogen-bond acceptors (Lipinski definition) is 3. The van der Waals surface area contributed by atoms with Crippen molar-refractivity contribution in [2.24, 2.45) is 0 Å². The molecule has 4 heteroatoms. The van der Waals surface area contributed by atoms with Crippen molar-refractivity contribution in [2.45, 2.75) is 52.0 Å². The van der Waals surface area contributed by atoms with Crippen LogP contribution >= 0.6 is 0 Å². The largest absolute Gasteiger partial charge is 0.496 e. The second kappa shape index (κ2) is 8.67. The zero-order valence-corrected chi connectivity index (χ0v) is 13.5. The van der Waals surface area contributed by atoms with E-state index in [2.05, 4.69) is 32.2 Å². The fourth-order valence-corrected chi connectivity index (χ4v) is 2.42. The average Bonchev–Trinajstić information content (AvgIpc) is 2.44. The van der Waals surface area contributed by atoms with E-state index >= 15 is 0 Å². The maximum atomic E-state index is 11.0. The molecule has 1 rings (SSSR count). The van der Waals surface area contributed by atoms with Gasteiger partial charge in [0, 0.05) is 6.04 Å². The predicted molar refractivity (Wildman–Crippen MR) is 85.1 cm³/mol. The fraction of sp³-hybridized carbons (Fsp3) is 0.588. The van der Waals surface area contributed by atoms with Crippen molar-refractivity contribution >= 4 is 5.97 Å². The van der Waals surface area contributed by atoms with Crippen molar-refractivity contribution in [3.05, 3.63) is 29.3 Å². The normalized spacial score (nSPS) is 12.4. The van der Waals surface area contributed by atoms with Crippen molar-refractivity contribution in [3.63, 3.8) is 0 Å². The van der Waals surface area contributed by atoms with E-state index in [1.165, 1.54) is 5.56 Å². The molecule has 0 aliphatic carbocycles. The van der Waals surface area contributed by atoms with Gasteiger partial charge in [-0.15, -0.1) is 0 Å². The van der Waals surface area contributed by atoms with Crippen LogP contribution in [0.4, 0.5) is 0 Å². The third-order valence-corrected chi connectivity index (χ3v) is 3.50. The molecule has 0 saturated carbocycles. The summed E-state index contributed by atoms with van der Waals surface area (Å²) in [5, 5.41) is 12.3. The van der Waals surface area contributed by atoms with Crippen LogP contribution in [0.3, 0.4) is 0 Å². The van der Waals surface area contributed by atoms with Crippen LogP contribution in [0.25, 0.3) is 0 Å². The van der Waals surface area contributed by atoms with Gasteiger partial charge in [-0.1, -0.05) is 32.9 Å². The molecule has 1 aromatic carbocycles. The van der Waals surface area contributed by atoms with E-state index in [-0.39, 0.29) is 12.5 Å². The molecule has 0 aromatic heterocycles. The van der Waals surface area contributed by atoms with Crippen molar-refractivity contribution in [1.82, 2.24) is 5.32 Å². The van der Waals surface area contributed by atoms with Gasteiger partial charge in [-0.3, -0.25) is 4.79 Å². The second-order valence-corrected chi connectivity index (χ2v) is 5.68. The molecule has 0 radical (unpaired) electrons. The number of hydrogen-bond donors (Lipinski definition) is 2. The molecular weight excluding hydrogens is 266 g/mol. The molecule has 0 saturated heterocycles. The van der Waals surface area contributed by atoms with E-state index in [9.17, 15) is 4.79 Å². The van der Waals surface area contributed by atoms with Crippen molar-refractivity contribution < 1.29 is 14.6 Å². The molecule has 0 fully saturated rings. The Morgan fingerprint density at radius 2 is 2.10 bits per heavy atom. The summed E-state index contributed by atoms with van der Waals surface area (Å²) < 4.78 is 5.39. The van der Waals surface area contributed by atoms with Crippen LogP contribution < -0.4 is 10.1 Å². The van der Waals surface area contributed by atoms with Gasteiger partial charge in [0.15, 0.2) is 0 Å². The minimum Gasteiger partial charge on any atom is -0.496 e. The number of carbonyl (C=O) groups is 1. The van der Waals surface area contributed by atoms with Crippen molar-refractivity contribution in [3.8, 4) is 5.75 Å². The van der Waals surface area contributed by atoms with E-state index in [0.29, 0.717) is 5.92 Å². The highest BCUT2D eigenvalue weighted by Crippen LogP contribution is 2.27. The summed E-state index contributed by atoms with van der Waals surface area (Å²) in [7, 11) is 1.68. The van der Waals surface area contributed by atoms with Crippen LogP contribution in [0.15, 0.2) is 18.2 Å². The molecule has 0 aliphatic heterocycles. The minimum atomic E-state index is -0.763. The first-order valence-corrected chi connectivity index (χ1v) is 7.59. The van der Waals surface area contributed by atoms with E-state index in [0.717, 1.165) is 30.7 Å². The minimum absolute atomic E-state index is 0.0316. The summed E-state index contributed by atoms with van der Waals surface area (Å²) >= 11 is 0. The molecule has 0 bridgehead atoms. The Morgan fingerprint density at radius 3 is 2.62 bits per heavy atom. The van der Waals surface area contributed by atoms with Crippen LogP contribution in [0.5, 0.6) is 5.75 Å². The van der Waals surface area contributed by atoms with Gasteiger partial charge in [0.05, 0.1) is 13.5 Å². The van der Waals surface area contributed by atoms with Gasteiger partial charge in [0.25, 0.3) is 0 Å². The van der Waals surface area contributed by atoms with E-state index in [4.69, 9.17) is 9.84 Å². The number of benzene rings is 1. The first-order chi connectivity index (χ1) is 9.97. The molecule has 1 aromatic rings. The lowest BCUT2D eigenvalue weighted by Gasteiger charge is -2.19. The third kappa shape index (κ3) is 5.76. The Morgan fingerprint density at radius 1 is 1.38 bits per heavy atom. The molecule has 0 amide bonds. The molecule has 0 heterocycles. The molecule has 2 N–H and O–H groups in total. The Hall–Kier alpha value is -1.55. The quantitative estimate of drug-likeness (QED) is 0.734. The molecule has 0 aliphatic rings. The Balaban J connectivity index is 2.87. The highest BCUT2D eigenvalue weighted by Gasteiger charge is 2.15. The summed E-state index contributed by atoms with van der Waals surface area (Å²) in [6, 6.07) is 6.09. The maximum Gasteiger partial charge on any atom is 0.304 e. The van der Waals surface area contributed by atoms with Gasteiger partial charge in [-0.05, 0) is 42.5 Å². The van der Waals surface area contributed by atoms with Gasteiger partial charge in [0.2, 0.25) is 0 Å². The number of rotatable bonds is 9. The third-order valence-electron chi connectivity index (χ3n) is 3.50. The Labute approximate surface area is 127 Å². The van der Waals surface area contributed by atoms with E-state index in [1.54, 1.807) is 7.11 Å². The van der Waals surface area contributed by atoms with Crippen molar-refractivity contribution in [1.29, 1.82) is 0 Å². The van der Waals surface area contributed by atoms with Crippen LogP contribution in [0.2, 0.25) is 0 Å². The number of methoxy groups -OCH3 is 1.